The van der Waals surface area contributed by atoms with Crippen LogP contribution in [0.25, 0.3) is 0 Å². The topological polar surface area (TPSA) is 44.1 Å². The summed E-state index contributed by atoms with van der Waals surface area (Å²) in [6, 6.07) is 0. The van der Waals surface area contributed by atoms with Crippen molar-refractivity contribution in [2.45, 2.75) is 32.7 Å². The van der Waals surface area contributed by atoms with E-state index < -0.39 is 0 Å². The molecule has 0 unspecified atom stereocenters. The normalized spacial score (nSPS) is 16.1. The second-order valence-electron chi connectivity index (χ2n) is 3.97. The Balaban J connectivity index is 1.93. The van der Waals surface area contributed by atoms with Crippen LogP contribution >= 0.6 is 0 Å². The summed E-state index contributed by atoms with van der Waals surface area (Å²) in [5.74, 6) is 0.470. The van der Waals surface area contributed by atoms with Crippen molar-refractivity contribution in [3.05, 3.63) is 18.0 Å². The fourth-order valence-electron chi connectivity index (χ4n) is 1.72. The molecule has 0 saturated heterocycles. The number of aromatic nitrogens is 2. The van der Waals surface area contributed by atoms with E-state index >= 15 is 0 Å². The van der Waals surface area contributed by atoms with Gasteiger partial charge in [-0.1, -0.05) is 6.42 Å². The zero-order valence-electron chi connectivity index (χ0n) is 8.98. The highest BCUT2D eigenvalue weighted by Crippen LogP contribution is 2.27. The number of nitrogens with zero attached hydrogens (tertiary/aromatic N) is 2. The third kappa shape index (κ3) is 2.37. The lowest BCUT2D eigenvalue weighted by atomic mass is 9.85. The molecular weight excluding hydrogens is 192 g/mol. The summed E-state index contributed by atoms with van der Waals surface area (Å²) < 4.78 is 6.74. The van der Waals surface area contributed by atoms with E-state index in [1.807, 2.05) is 4.68 Å². The minimum Gasteiger partial charge on any atom is -0.462 e. The summed E-state index contributed by atoms with van der Waals surface area (Å²) in [5.41, 5.74) is 0.552. The molecule has 0 atom stereocenters. The average Bonchev–Trinajstić information content (AvgIpc) is 2.60. The highest BCUT2D eigenvalue weighted by molar-refractivity contribution is 5.88. The van der Waals surface area contributed by atoms with Gasteiger partial charge in [-0.3, -0.25) is 4.68 Å². The lowest BCUT2D eigenvalue weighted by molar-refractivity contribution is 0.0526. The molecule has 0 aromatic carbocycles. The molecule has 0 radical (unpaired) electrons. The minimum absolute atomic E-state index is 0.280. The molecule has 1 aromatic heterocycles. The van der Waals surface area contributed by atoms with Gasteiger partial charge in [0.1, 0.15) is 0 Å². The first-order valence-electron chi connectivity index (χ1n) is 5.49. The fraction of sp³-hybridized carbons (Fsp3) is 0.636. The molecule has 4 heteroatoms. The molecule has 1 aliphatic rings. The predicted molar refractivity (Wildman–Crippen MR) is 55.5 cm³/mol. The molecule has 2 rings (SSSR count). The van der Waals surface area contributed by atoms with E-state index in [0.717, 1.165) is 12.5 Å². The fourth-order valence-corrected chi connectivity index (χ4v) is 1.72. The maximum absolute atomic E-state index is 11.4. The van der Waals surface area contributed by atoms with E-state index in [4.69, 9.17) is 4.74 Å². The molecule has 1 aliphatic carbocycles. The zero-order valence-corrected chi connectivity index (χ0v) is 8.98. The summed E-state index contributed by atoms with van der Waals surface area (Å²) in [5, 5.41) is 4.16. The van der Waals surface area contributed by atoms with E-state index in [9.17, 15) is 4.79 Å². The average molecular weight is 208 g/mol. The van der Waals surface area contributed by atoms with Gasteiger partial charge in [0.25, 0.3) is 0 Å². The first-order valence-corrected chi connectivity index (χ1v) is 5.49. The van der Waals surface area contributed by atoms with Crippen LogP contribution in [0.4, 0.5) is 0 Å². The van der Waals surface area contributed by atoms with Crippen molar-refractivity contribution in [3.8, 4) is 0 Å². The van der Waals surface area contributed by atoms with E-state index in [2.05, 4.69) is 5.10 Å². The summed E-state index contributed by atoms with van der Waals surface area (Å²) in [7, 11) is 0. The number of rotatable bonds is 4. The van der Waals surface area contributed by atoms with Crippen LogP contribution in [0, 0.1) is 5.92 Å². The minimum atomic E-state index is -0.280. The van der Waals surface area contributed by atoms with Crippen molar-refractivity contribution in [2.24, 2.45) is 5.92 Å². The molecular formula is C11H16N2O2. The van der Waals surface area contributed by atoms with Gasteiger partial charge in [0.2, 0.25) is 0 Å². The Bertz CT molecular complexity index is 342. The summed E-state index contributed by atoms with van der Waals surface area (Å²) in [4.78, 5) is 11.4. The van der Waals surface area contributed by atoms with Gasteiger partial charge in [-0.15, -0.1) is 0 Å². The van der Waals surface area contributed by atoms with E-state index in [-0.39, 0.29) is 5.97 Å². The van der Waals surface area contributed by atoms with Crippen molar-refractivity contribution >= 4 is 5.97 Å². The van der Waals surface area contributed by atoms with Crippen molar-refractivity contribution in [1.82, 2.24) is 9.78 Å². The highest BCUT2D eigenvalue weighted by atomic mass is 16.5. The Morgan fingerprint density at radius 1 is 1.67 bits per heavy atom. The van der Waals surface area contributed by atoms with Crippen LogP contribution in [-0.2, 0) is 11.3 Å². The maximum Gasteiger partial charge on any atom is 0.341 e. The maximum atomic E-state index is 11.4. The molecule has 0 N–H and O–H groups in total. The van der Waals surface area contributed by atoms with Crippen LogP contribution in [0.15, 0.2) is 12.4 Å². The molecule has 1 fully saturated rings. The van der Waals surface area contributed by atoms with Crippen LogP contribution in [0.3, 0.4) is 0 Å². The van der Waals surface area contributed by atoms with Crippen LogP contribution in [-0.4, -0.2) is 22.4 Å². The lowest BCUT2D eigenvalue weighted by Crippen LogP contribution is -2.18. The standard InChI is InChI=1S/C11H16N2O2/c1-2-15-11(14)10-6-12-13(8-10)7-9-4-3-5-9/h6,8-9H,2-5,7H2,1H3. The van der Waals surface area contributed by atoms with Gasteiger partial charge < -0.3 is 4.74 Å². The summed E-state index contributed by atoms with van der Waals surface area (Å²) in [6.45, 7) is 3.14. The largest absolute Gasteiger partial charge is 0.462 e. The molecule has 0 spiro atoms. The zero-order chi connectivity index (χ0) is 10.7. The second-order valence-corrected chi connectivity index (χ2v) is 3.97. The predicted octanol–water partition coefficient (Wildman–Crippen LogP) is 1.86. The van der Waals surface area contributed by atoms with E-state index in [1.165, 1.54) is 19.3 Å². The summed E-state index contributed by atoms with van der Waals surface area (Å²) >= 11 is 0. The van der Waals surface area contributed by atoms with Gasteiger partial charge in [-0.05, 0) is 25.7 Å². The van der Waals surface area contributed by atoms with Crippen LogP contribution in [0.1, 0.15) is 36.5 Å². The second kappa shape index (κ2) is 4.47. The number of carbonyl (C=O) groups excluding carboxylic acids is 1. The molecule has 1 heterocycles. The smallest absolute Gasteiger partial charge is 0.341 e. The number of hydrogen-bond donors (Lipinski definition) is 0. The Labute approximate surface area is 89.2 Å². The Morgan fingerprint density at radius 3 is 3.07 bits per heavy atom. The third-order valence-electron chi connectivity index (χ3n) is 2.81. The summed E-state index contributed by atoms with van der Waals surface area (Å²) in [6.07, 6.45) is 7.26. The SMILES string of the molecule is CCOC(=O)c1cnn(CC2CCC2)c1. The molecule has 4 nitrogen and oxygen atoms in total. The first kappa shape index (κ1) is 10.2. The van der Waals surface area contributed by atoms with Crippen molar-refractivity contribution in [3.63, 3.8) is 0 Å². The van der Waals surface area contributed by atoms with Crippen molar-refractivity contribution < 1.29 is 9.53 Å². The quantitative estimate of drug-likeness (QED) is 0.709. The molecule has 0 aliphatic heterocycles. The van der Waals surface area contributed by atoms with Gasteiger partial charge in [-0.2, -0.15) is 5.10 Å². The number of carbonyl (C=O) groups is 1. The molecule has 1 saturated carbocycles. The molecule has 1 aromatic rings. The Morgan fingerprint density at radius 2 is 2.47 bits per heavy atom. The van der Waals surface area contributed by atoms with Gasteiger partial charge in [0.15, 0.2) is 0 Å². The monoisotopic (exact) mass is 208 g/mol. The van der Waals surface area contributed by atoms with Crippen LogP contribution in [0.5, 0.6) is 0 Å². The number of hydrogen-bond acceptors (Lipinski definition) is 3. The van der Waals surface area contributed by atoms with E-state index in [0.29, 0.717) is 12.2 Å². The van der Waals surface area contributed by atoms with Crippen molar-refractivity contribution in [2.75, 3.05) is 6.61 Å². The van der Waals surface area contributed by atoms with E-state index in [1.54, 1.807) is 19.3 Å². The van der Waals surface area contributed by atoms with Crippen LogP contribution in [0.2, 0.25) is 0 Å². The highest BCUT2D eigenvalue weighted by Gasteiger charge is 2.18. The van der Waals surface area contributed by atoms with Gasteiger partial charge in [0, 0.05) is 12.7 Å². The Kier molecular flexibility index (Phi) is 3.04. The van der Waals surface area contributed by atoms with Gasteiger partial charge >= 0.3 is 5.97 Å². The van der Waals surface area contributed by atoms with Crippen LogP contribution < -0.4 is 0 Å². The van der Waals surface area contributed by atoms with Gasteiger partial charge in [0.05, 0.1) is 18.4 Å². The molecule has 82 valence electrons. The first-order chi connectivity index (χ1) is 7.29. The molecule has 0 amide bonds. The molecule has 0 bridgehead atoms. The Hall–Kier alpha value is -1.32. The third-order valence-corrected chi connectivity index (χ3v) is 2.81. The van der Waals surface area contributed by atoms with Gasteiger partial charge in [-0.25, -0.2) is 4.79 Å². The number of ether oxygens (including phenoxy) is 1. The van der Waals surface area contributed by atoms with Crippen molar-refractivity contribution in [1.29, 1.82) is 0 Å². The number of esters is 1. The lowest BCUT2D eigenvalue weighted by Gasteiger charge is -2.24. The molecule has 15 heavy (non-hydrogen) atoms.